The summed E-state index contributed by atoms with van der Waals surface area (Å²) in [7, 11) is 0. The topological polar surface area (TPSA) is 55.8 Å². The molecular formula is C8H16O4S. The highest BCUT2D eigenvalue weighted by molar-refractivity contribution is 7.81. The molecule has 4 nitrogen and oxygen atoms in total. The third-order valence-electron chi connectivity index (χ3n) is 1.23. The average Bonchev–Trinajstić information content (AvgIpc) is 2.10. The van der Waals surface area contributed by atoms with Crippen LogP contribution >= 0.6 is 12.6 Å². The number of rotatable bonds is 6. The van der Waals surface area contributed by atoms with Crippen LogP contribution in [0.2, 0.25) is 0 Å². The molecule has 0 saturated carbocycles. The third kappa shape index (κ3) is 8.08. The van der Waals surface area contributed by atoms with Crippen molar-refractivity contribution in [3.8, 4) is 0 Å². The zero-order chi connectivity index (χ0) is 10.3. The van der Waals surface area contributed by atoms with Gasteiger partial charge in [0.15, 0.2) is 0 Å². The van der Waals surface area contributed by atoms with E-state index < -0.39 is 6.10 Å². The van der Waals surface area contributed by atoms with E-state index >= 15 is 0 Å². The second kappa shape index (κ2) is 7.17. The number of carbonyl (C=O) groups excluding carboxylic acids is 1. The number of carbonyl (C=O) groups is 1. The Morgan fingerprint density at radius 1 is 1.46 bits per heavy atom. The van der Waals surface area contributed by atoms with Crippen LogP contribution in [0.4, 0.5) is 0 Å². The number of hydrogen-bond donors (Lipinski definition) is 2. The van der Waals surface area contributed by atoms with E-state index in [2.05, 4.69) is 12.6 Å². The van der Waals surface area contributed by atoms with E-state index in [0.717, 1.165) is 0 Å². The molecule has 0 bridgehead atoms. The highest BCUT2D eigenvalue weighted by Gasteiger charge is 2.07. The van der Waals surface area contributed by atoms with Crippen LogP contribution in [0.15, 0.2) is 0 Å². The predicted octanol–water partition coefficient (Wildman–Crippen LogP) is 0.245. The first-order valence-electron chi connectivity index (χ1n) is 4.12. The van der Waals surface area contributed by atoms with Crippen LogP contribution in [0.3, 0.4) is 0 Å². The van der Waals surface area contributed by atoms with Crippen molar-refractivity contribution in [1.82, 2.24) is 0 Å². The Morgan fingerprint density at radius 3 is 2.54 bits per heavy atom. The van der Waals surface area contributed by atoms with Gasteiger partial charge >= 0.3 is 5.97 Å². The molecular weight excluding hydrogens is 192 g/mol. The van der Waals surface area contributed by atoms with E-state index in [1.165, 1.54) is 0 Å². The molecule has 0 saturated heterocycles. The average molecular weight is 208 g/mol. The van der Waals surface area contributed by atoms with E-state index in [1.54, 1.807) is 13.8 Å². The molecule has 0 amide bonds. The molecule has 0 aliphatic rings. The summed E-state index contributed by atoms with van der Waals surface area (Å²) >= 11 is 3.75. The first-order valence-corrected chi connectivity index (χ1v) is 4.75. The van der Waals surface area contributed by atoms with Gasteiger partial charge in [-0.05, 0) is 13.8 Å². The summed E-state index contributed by atoms with van der Waals surface area (Å²) in [5, 5.41) is 8.88. The number of hydrogen-bond acceptors (Lipinski definition) is 5. The second-order valence-electron chi connectivity index (χ2n) is 2.83. The van der Waals surface area contributed by atoms with Gasteiger partial charge in [-0.15, -0.1) is 0 Å². The summed E-state index contributed by atoms with van der Waals surface area (Å²) in [6.45, 7) is 3.85. The molecule has 0 heterocycles. The predicted molar refractivity (Wildman–Crippen MR) is 51.9 cm³/mol. The van der Waals surface area contributed by atoms with Crippen LogP contribution in [0.25, 0.3) is 0 Å². The Hall–Kier alpha value is -0.260. The largest absolute Gasteiger partial charge is 0.462 e. The van der Waals surface area contributed by atoms with Crippen molar-refractivity contribution < 1.29 is 19.4 Å². The van der Waals surface area contributed by atoms with Crippen LogP contribution in [0, 0.1) is 0 Å². The normalized spacial score (nSPS) is 15.1. The molecule has 0 rings (SSSR count). The fourth-order valence-electron chi connectivity index (χ4n) is 0.608. The molecule has 1 N–H and O–H groups in total. The van der Waals surface area contributed by atoms with Crippen molar-refractivity contribution in [2.75, 3.05) is 19.0 Å². The van der Waals surface area contributed by atoms with Crippen molar-refractivity contribution in [3.05, 3.63) is 0 Å². The van der Waals surface area contributed by atoms with E-state index in [-0.39, 0.29) is 31.0 Å². The molecule has 0 fully saturated rings. The van der Waals surface area contributed by atoms with Crippen LogP contribution in [0.5, 0.6) is 0 Å². The minimum absolute atomic E-state index is 0.0725. The van der Waals surface area contributed by atoms with Crippen LogP contribution in [0.1, 0.15) is 13.8 Å². The van der Waals surface area contributed by atoms with Crippen LogP contribution < -0.4 is 0 Å². The van der Waals surface area contributed by atoms with Gasteiger partial charge in [-0.2, -0.15) is 12.6 Å². The van der Waals surface area contributed by atoms with Crippen molar-refractivity contribution in [2.45, 2.75) is 26.1 Å². The Bertz CT molecular complexity index is 149. The molecule has 0 spiro atoms. The molecule has 5 heteroatoms. The molecule has 0 aliphatic heterocycles. The summed E-state index contributed by atoms with van der Waals surface area (Å²) in [5.74, 6) is -0.292. The zero-order valence-electron chi connectivity index (χ0n) is 7.90. The number of esters is 1. The van der Waals surface area contributed by atoms with Crippen molar-refractivity contribution in [1.29, 1.82) is 0 Å². The van der Waals surface area contributed by atoms with Gasteiger partial charge in [-0.25, -0.2) is 0 Å². The lowest BCUT2D eigenvalue weighted by atomic mass is 10.4. The number of thiol groups is 1. The Labute approximate surface area is 83.6 Å². The summed E-state index contributed by atoms with van der Waals surface area (Å²) in [6, 6.07) is 0. The van der Waals surface area contributed by atoms with Gasteiger partial charge in [-0.1, -0.05) is 0 Å². The fraction of sp³-hybridized carbons (Fsp3) is 0.875. The van der Waals surface area contributed by atoms with Gasteiger partial charge in [0.2, 0.25) is 0 Å². The smallest absolute Gasteiger partial charge is 0.315 e. The van der Waals surface area contributed by atoms with Gasteiger partial charge in [0.25, 0.3) is 0 Å². The summed E-state index contributed by atoms with van der Waals surface area (Å²) in [5.41, 5.74) is 0. The van der Waals surface area contributed by atoms with E-state index in [4.69, 9.17) is 14.6 Å². The third-order valence-corrected chi connectivity index (χ3v) is 1.49. The minimum atomic E-state index is -0.497. The zero-order valence-corrected chi connectivity index (χ0v) is 8.79. The number of aliphatic hydroxyl groups excluding tert-OH is 1. The number of aliphatic hydroxyl groups is 1. The second-order valence-corrected chi connectivity index (χ2v) is 3.15. The van der Waals surface area contributed by atoms with E-state index in [1.807, 2.05) is 0 Å². The van der Waals surface area contributed by atoms with Gasteiger partial charge in [-0.3, -0.25) is 4.79 Å². The summed E-state index contributed by atoms with van der Waals surface area (Å²) in [6.07, 6.45) is -0.693. The summed E-state index contributed by atoms with van der Waals surface area (Å²) in [4.78, 5) is 10.7. The van der Waals surface area contributed by atoms with Crippen LogP contribution in [-0.4, -0.2) is 42.3 Å². The number of ether oxygens (including phenoxy) is 2. The SMILES string of the molecule is CC(O)COC(C)COC(=O)CS. The first-order chi connectivity index (χ1) is 6.06. The molecule has 0 aliphatic carbocycles. The monoisotopic (exact) mass is 208 g/mol. The maximum absolute atomic E-state index is 10.7. The van der Waals surface area contributed by atoms with Gasteiger partial charge in [0, 0.05) is 0 Å². The molecule has 13 heavy (non-hydrogen) atoms. The van der Waals surface area contributed by atoms with Crippen molar-refractivity contribution in [2.24, 2.45) is 0 Å². The molecule has 0 radical (unpaired) electrons. The van der Waals surface area contributed by atoms with E-state index in [0.29, 0.717) is 0 Å². The highest BCUT2D eigenvalue weighted by Crippen LogP contribution is 1.95. The van der Waals surface area contributed by atoms with Crippen molar-refractivity contribution >= 4 is 18.6 Å². The van der Waals surface area contributed by atoms with Gasteiger partial charge in [0.1, 0.15) is 6.61 Å². The molecule has 2 unspecified atom stereocenters. The lowest BCUT2D eigenvalue weighted by Gasteiger charge is -2.13. The van der Waals surface area contributed by atoms with E-state index in [9.17, 15) is 4.79 Å². The molecule has 0 aromatic heterocycles. The quantitative estimate of drug-likeness (QED) is 0.485. The van der Waals surface area contributed by atoms with Gasteiger partial charge in [0.05, 0.1) is 24.6 Å². The molecule has 0 aromatic rings. The van der Waals surface area contributed by atoms with Crippen molar-refractivity contribution in [3.63, 3.8) is 0 Å². The lowest BCUT2D eigenvalue weighted by Crippen LogP contribution is -2.23. The molecule has 78 valence electrons. The molecule has 2 atom stereocenters. The maximum atomic E-state index is 10.7. The minimum Gasteiger partial charge on any atom is -0.462 e. The van der Waals surface area contributed by atoms with Crippen LogP contribution in [-0.2, 0) is 14.3 Å². The highest BCUT2D eigenvalue weighted by atomic mass is 32.1. The molecule has 0 aromatic carbocycles. The maximum Gasteiger partial charge on any atom is 0.315 e. The summed E-state index contributed by atoms with van der Waals surface area (Å²) < 4.78 is 9.91. The Morgan fingerprint density at radius 2 is 2.08 bits per heavy atom. The Balaban J connectivity index is 3.40. The fourth-order valence-corrected chi connectivity index (χ4v) is 0.699. The lowest BCUT2D eigenvalue weighted by molar-refractivity contribution is -0.144. The standard InChI is InChI=1S/C8H16O4S/c1-6(9)3-11-7(2)4-12-8(10)5-13/h6-7,9,13H,3-5H2,1-2H3. The van der Waals surface area contributed by atoms with Gasteiger partial charge < -0.3 is 14.6 Å². The Kier molecular flexibility index (Phi) is 7.03. The first kappa shape index (κ1) is 12.7.